The van der Waals surface area contributed by atoms with E-state index in [9.17, 15) is 8.42 Å². The van der Waals surface area contributed by atoms with Crippen LogP contribution in [-0.4, -0.2) is 30.1 Å². The fraction of sp³-hybridized carbons (Fsp3) is 0.0833. The molecule has 1 aromatic carbocycles. The Morgan fingerprint density at radius 2 is 1.86 bits per heavy atom. The smallest absolute Gasteiger partial charge is 0.229 e. The van der Waals surface area contributed by atoms with Gasteiger partial charge >= 0.3 is 0 Å². The molecule has 7 nitrogen and oxygen atoms in total. The Morgan fingerprint density at radius 1 is 1.24 bits per heavy atom. The van der Waals surface area contributed by atoms with Gasteiger partial charge in [0.2, 0.25) is 10.0 Å². The van der Waals surface area contributed by atoms with Crippen LogP contribution in [0, 0.1) is 0 Å². The largest absolute Gasteiger partial charge is 0.386 e. The number of aliphatic imine (C=N–C) groups is 1. The van der Waals surface area contributed by atoms with Crippen molar-refractivity contribution in [3.8, 4) is 0 Å². The third-order valence-electron chi connectivity index (χ3n) is 2.30. The van der Waals surface area contributed by atoms with Gasteiger partial charge in [0.25, 0.3) is 0 Å². The molecule has 0 saturated heterocycles. The second kappa shape index (κ2) is 6.51. The van der Waals surface area contributed by atoms with Crippen molar-refractivity contribution in [1.82, 2.24) is 9.97 Å². The highest BCUT2D eigenvalue weighted by Crippen LogP contribution is 2.25. The molecule has 0 fully saturated rings. The van der Waals surface area contributed by atoms with Crippen molar-refractivity contribution in [3.63, 3.8) is 0 Å². The molecule has 0 amide bonds. The summed E-state index contributed by atoms with van der Waals surface area (Å²) < 4.78 is 27.7. The molecule has 0 bridgehead atoms. The van der Waals surface area contributed by atoms with E-state index in [1.807, 2.05) is 0 Å². The topological polar surface area (TPSA) is 112 Å². The lowest BCUT2D eigenvalue weighted by Gasteiger charge is -2.12. The number of nitrogens with two attached hydrogens (primary N) is 1. The van der Waals surface area contributed by atoms with E-state index in [4.69, 9.17) is 17.3 Å². The molecule has 0 aliphatic rings. The van der Waals surface area contributed by atoms with Crippen LogP contribution in [0.25, 0.3) is 4.72 Å². The molecule has 0 atom stereocenters. The lowest BCUT2D eigenvalue weighted by molar-refractivity contribution is 0.603. The zero-order chi connectivity index (χ0) is 15.3. The van der Waals surface area contributed by atoms with Crippen LogP contribution >= 0.6 is 11.6 Å². The summed E-state index contributed by atoms with van der Waals surface area (Å²) in [6.07, 6.45) is 2.82. The van der Waals surface area contributed by atoms with Crippen LogP contribution in [0.4, 0.5) is 11.6 Å². The summed E-state index contributed by atoms with van der Waals surface area (Å²) in [6.45, 7) is 0. The van der Waals surface area contributed by atoms with Crippen LogP contribution in [0.3, 0.4) is 0 Å². The number of rotatable bonds is 5. The van der Waals surface area contributed by atoms with Crippen LogP contribution in [0.2, 0.25) is 0 Å². The van der Waals surface area contributed by atoms with E-state index >= 15 is 0 Å². The highest BCUT2D eigenvalue weighted by atomic mass is 35.5. The molecule has 2 rings (SSSR count). The van der Waals surface area contributed by atoms with Crippen LogP contribution in [0.15, 0.2) is 52.6 Å². The van der Waals surface area contributed by atoms with Gasteiger partial charge in [0, 0.05) is 5.95 Å². The van der Waals surface area contributed by atoms with Crippen LogP contribution in [0.5, 0.6) is 0 Å². The van der Waals surface area contributed by atoms with Gasteiger partial charge in [-0.15, -0.1) is 11.6 Å². The molecule has 21 heavy (non-hydrogen) atoms. The van der Waals surface area contributed by atoms with E-state index in [1.54, 1.807) is 6.07 Å². The first kappa shape index (κ1) is 15.2. The van der Waals surface area contributed by atoms with Crippen molar-refractivity contribution < 1.29 is 8.42 Å². The highest BCUT2D eigenvalue weighted by molar-refractivity contribution is 7.94. The Labute approximate surface area is 127 Å². The maximum Gasteiger partial charge on any atom is 0.229 e. The van der Waals surface area contributed by atoms with Gasteiger partial charge in [0.15, 0.2) is 0 Å². The maximum atomic E-state index is 12.1. The number of sulfonamides is 1. The lowest BCUT2D eigenvalue weighted by atomic mass is 10.3. The predicted octanol–water partition coefficient (Wildman–Crippen LogP) is 2.10. The molecule has 0 aliphatic heterocycles. The maximum absolute atomic E-state index is 12.1. The fourth-order valence-electron chi connectivity index (χ4n) is 1.39. The number of hydrogen-bond acceptors (Lipinski definition) is 5. The predicted molar refractivity (Wildman–Crippen MR) is 80.7 cm³/mol. The molecule has 0 aliphatic carbocycles. The summed E-state index contributed by atoms with van der Waals surface area (Å²) in [5, 5.41) is 0. The van der Waals surface area contributed by atoms with Gasteiger partial charge < -0.3 is 15.7 Å². The van der Waals surface area contributed by atoms with E-state index in [0.29, 0.717) is 5.69 Å². The van der Waals surface area contributed by atoms with Gasteiger partial charge in [-0.3, -0.25) is 4.72 Å². The average Bonchev–Trinajstić information content (AvgIpc) is 2.48. The molecule has 0 saturated carbocycles. The Bertz CT molecular complexity index is 732. The summed E-state index contributed by atoms with van der Waals surface area (Å²) >= 11 is 5.52. The average molecular weight is 325 g/mol. The number of halogens is 1. The molecule has 0 unspecified atom stereocenters. The molecule has 2 aromatic rings. The summed E-state index contributed by atoms with van der Waals surface area (Å²) in [6, 6.07) is 7.34. The number of benzene rings is 1. The highest BCUT2D eigenvalue weighted by Gasteiger charge is 2.11. The Hall–Kier alpha value is -2.19. The molecule has 110 valence electrons. The zero-order valence-corrected chi connectivity index (χ0v) is 12.3. The van der Waals surface area contributed by atoms with Gasteiger partial charge in [0.1, 0.15) is 5.84 Å². The number of aromatic nitrogens is 2. The second-order valence-corrected chi connectivity index (χ2v) is 5.72. The first-order chi connectivity index (χ1) is 10.0. The summed E-state index contributed by atoms with van der Waals surface area (Å²) in [7, 11) is -3.87. The normalized spacial score (nSPS) is 12.1. The van der Waals surface area contributed by atoms with Crippen molar-refractivity contribution in [3.05, 3.63) is 47.4 Å². The number of alkyl halides is 1. The Morgan fingerprint density at radius 3 is 2.43 bits per heavy atom. The Balaban J connectivity index is 2.21. The van der Waals surface area contributed by atoms with E-state index in [-0.39, 0.29) is 22.6 Å². The minimum Gasteiger partial charge on any atom is -0.386 e. The van der Waals surface area contributed by atoms with Gasteiger partial charge in [0.05, 0.1) is 16.5 Å². The quantitative estimate of drug-likeness (QED) is 0.514. The minimum absolute atomic E-state index is 0.0124. The molecule has 9 heteroatoms. The summed E-state index contributed by atoms with van der Waals surface area (Å²) in [5.74, 6) is 0.224. The van der Waals surface area contributed by atoms with Crippen molar-refractivity contribution in [1.29, 1.82) is 0 Å². The van der Waals surface area contributed by atoms with Gasteiger partial charge in [-0.25, -0.2) is 13.4 Å². The SMILES string of the molecule is NC(CCl)=Nc1ccc(S(=O)(=O)[N-]c2ncccn2)cc1. The van der Waals surface area contributed by atoms with Crippen molar-refractivity contribution >= 4 is 39.1 Å². The third kappa shape index (κ3) is 4.14. The molecule has 0 spiro atoms. The third-order valence-corrected chi connectivity index (χ3v) is 3.84. The van der Waals surface area contributed by atoms with Crippen LogP contribution in [-0.2, 0) is 10.0 Å². The number of hydrogen-bond donors (Lipinski definition) is 1. The molecule has 1 heterocycles. The zero-order valence-electron chi connectivity index (χ0n) is 10.7. The lowest BCUT2D eigenvalue weighted by Crippen LogP contribution is -2.12. The van der Waals surface area contributed by atoms with Gasteiger partial charge in [-0.2, -0.15) is 0 Å². The van der Waals surface area contributed by atoms with Crippen molar-refractivity contribution in [2.24, 2.45) is 10.7 Å². The minimum atomic E-state index is -3.87. The summed E-state index contributed by atoms with van der Waals surface area (Å²) in [5.41, 5.74) is 6.00. The first-order valence-corrected chi connectivity index (χ1v) is 7.73. The monoisotopic (exact) mass is 324 g/mol. The number of nitrogens with zero attached hydrogens (tertiary/aromatic N) is 4. The molecule has 0 radical (unpaired) electrons. The number of amidine groups is 1. The summed E-state index contributed by atoms with van der Waals surface area (Å²) in [4.78, 5) is 11.5. The van der Waals surface area contributed by atoms with E-state index in [0.717, 1.165) is 0 Å². The fourth-order valence-corrected chi connectivity index (χ4v) is 2.34. The van der Waals surface area contributed by atoms with Crippen LogP contribution < -0.4 is 5.73 Å². The standard InChI is InChI=1S/C12H11ClN5O2S/c13-8-11(14)17-9-2-4-10(5-3-9)21(19,20)18-12-15-6-1-7-16-12/h1-7H,8H2,(H2-,14,15,16,17,18)/q-1. The van der Waals surface area contributed by atoms with E-state index in [2.05, 4.69) is 19.7 Å². The van der Waals surface area contributed by atoms with Crippen LogP contribution in [0.1, 0.15) is 0 Å². The molecule has 2 N–H and O–H groups in total. The Kier molecular flexibility index (Phi) is 4.71. The first-order valence-electron chi connectivity index (χ1n) is 5.75. The van der Waals surface area contributed by atoms with Crippen molar-refractivity contribution in [2.45, 2.75) is 4.90 Å². The molecular formula is C12H11ClN5O2S-. The van der Waals surface area contributed by atoms with Gasteiger partial charge in [-0.05, 0) is 36.7 Å². The van der Waals surface area contributed by atoms with Crippen molar-refractivity contribution in [2.75, 3.05) is 5.88 Å². The van der Waals surface area contributed by atoms with E-state index < -0.39 is 10.0 Å². The van der Waals surface area contributed by atoms with Gasteiger partial charge in [-0.1, -0.05) is 6.07 Å². The molecule has 1 aromatic heterocycles. The van der Waals surface area contributed by atoms with E-state index in [1.165, 1.54) is 36.7 Å². The second-order valence-electron chi connectivity index (χ2n) is 3.85. The molecular weight excluding hydrogens is 314 g/mol.